The lowest BCUT2D eigenvalue weighted by molar-refractivity contribution is -0.143. The van der Waals surface area contributed by atoms with E-state index in [2.05, 4.69) is 31.9 Å². The number of carbonyl (C=O) groups excluding carboxylic acids is 3. The molecule has 1 atom stereocenters. The lowest BCUT2D eigenvalue weighted by Crippen LogP contribution is -2.39. The molecule has 2 amide bonds. The Bertz CT molecular complexity index is 1030. The summed E-state index contributed by atoms with van der Waals surface area (Å²) in [5, 5.41) is 15.2. The van der Waals surface area contributed by atoms with Crippen LogP contribution in [-0.4, -0.2) is 44.0 Å². The van der Waals surface area contributed by atoms with Crippen LogP contribution in [0.1, 0.15) is 35.3 Å². The number of rotatable bonds is 10. The van der Waals surface area contributed by atoms with E-state index in [0.717, 1.165) is 4.47 Å². The molecular weight excluding hydrogens is 494 g/mol. The van der Waals surface area contributed by atoms with Gasteiger partial charge in [0.15, 0.2) is 5.96 Å². The number of nitrogens with one attached hydrogen (secondary N) is 4. The SMILES string of the molecule is CCOC(=O)CC(NC(=O)CNC(=O)c1cccc(NC(=N)N)c1)c1cc(Br)ccc1OC. The Morgan fingerprint density at radius 2 is 1.94 bits per heavy atom. The highest BCUT2D eigenvalue weighted by Gasteiger charge is 2.23. The number of methoxy groups -OCH3 is 1. The van der Waals surface area contributed by atoms with Gasteiger partial charge in [-0.2, -0.15) is 0 Å². The average molecular weight is 520 g/mol. The maximum absolute atomic E-state index is 12.6. The molecule has 2 rings (SSSR count). The molecule has 0 saturated carbocycles. The molecule has 1 unspecified atom stereocenters. The first-order chi connectivity index (χ1) is 15.7. The summed E-state index contributed by atoms with van der Waals surface area (Å²) in [6, 6.07) is 10.8. The Morgan fingerprint density at radius 1 is 1.18 bits per heavy atom. The van der Waals surface area contributed by atoms with Crippen LogP contribution < -0.4 is 26.4 Å². The van der Waals surface area contributed by atoms with Gasteiger partial charge in [0.25, 0.3) is 5.91 Å². The van der Waals surface area contributed by atoms with E-state index < -0.39 is 23.8 Å². The summed E-state index contributed by atoms with van der Waals surface area (Å²) in [6.07, 6.45) is -0.112. The van der Waals surface area contributed by atoms with E-state index in [4.69, 9.17) is 20.6 Å². The van der Waals surface area contributed by atoms with Gasteiger partial charge in [-0.05, 0) is 43.3 Å². The van der Waals surface area contributed by atoms with E-state index in [0.29, 0.717) is 17.0 Å². The molecule has 0 bridgehead atoms. The van der Waals surface area contributed by atoms with Gasteiger partial charge in [0, 0.05) is 21.3 Å². The van der Waals surface area contributed by atoms with Crippen LogP contribution in [0.15, 0.2) is 46.9 Å². The van der Waals surface area contributed by atoms with E-state index in [9.17, 15) is 14.4 Å². The topological polar surface area (TPSA) is 156 Å². The van der Waals surface area contributed by atoms with Gasteiger partial charge in [0.2, 0.25) is 5.91 Å². The number of hydrogen-bond acceptors (Lipinski definition) is 6. The highest BCUT2D eigenvalue weighted by molar-refractivity contribution is 9.10. The summed E-state index contributed by atoms with van der Waals surface area (Å²) in [7, 11) is 1.49. The number of carbonyl (C=O) groups is 3. The van der Waals surface area contributed by atoms with Crippen molar-refractivity contribution in [3.05, 3.63) is 58.1 Å². The second-order valence-corrected chi connectivity index (χ2v) is 7.73. The molecule has 0 heterocycles. The Hall–Kier alpha value is -3.60. The summed E-state index contributed by atoms with van der Waals surface area (Å²) in [5.74, 6) is -1.24. The standard InChI is InChI=1S/C22H26BrN5O5/c1-3-33-20(30)11-17(16-10-14(23)7-8-18(16)32-2)28-19(29)12-26-21(31)13-5-4-6-15(9-13)27-22(24)25/h4-10,17H,3,11-12H2,1-2H3,(H,26,31)(H,28,29)(H4,24,25,27). The molecule has 0 aliphatic heterocycles. The Labute approximate surface area is 199 Å². The molecule has 2 aromatic rings. The third kappa shape index (κ3) is 8.11. The van der Waals surface area contributed by atoms with Crippen LogP contribution in [0.25, 0.3) is 0 Å². The minimum Gasteiger partial charge on any atom is -0.496 e. The molecule has 0 aliphatic carbocycles. The fourth-order valence-corrected chi connectivity index (χ4v) is 3.38. The van der Waals surface area contributed by atoms with Crippen LogP contribution in [0, 0.1) is 5.41 Å². The highest BCUT2D eigenvalue weighted by atomic mass is 79.9. The molecule has 0 spiro atoms. The number of esters is 1. The second kappa shape index (κ2) is 12.4. The first-order valence-electron chi connectivity index (χ1n) is 10.0. The number of benzene rings is 2. The molecule has 2 aromatic carbocycles. The van der Waals surface area contributed by atoms with E-state index in [-0.39, 0.29) is 31.1 Å². The van der Waals surface area contributed by atoms with Crippen LogP contribution in [-0.2, 0) is 14.3 Å². The molecule has 11 heteroatoms. The molecule has 6 N–H and O–H groups in total. The van der Waals surface area contributed by atoms with Crippen LogP contribution in [0.4, 0.5) is 5.69 Å². The lowest BCUT2D eigenvalue weighted by Gasteiger charge is -2.21. The van der Waals surface area contributed by atoms with Crippen LogP contribution in [0.5, 0.6) is 5.75 Å². The Kier molecular flexibility index (Phi) is 9.67. The van der Waals surface area contributed by atoms with Crippen LogP contribution in [0.3, 0.4) is 0 Å². The van der Waals surface area contributed by atoms with Crippen molar-refractivity contribution in [2.75, 3.05) is 25.6 Å². The molecule has 0 aromatic heterocycles. The van der Waals surface area contributed by atoms with Gasteiger partial charge in [0.05, 0.1) is 32.7 Å². The van der Waals surface area contributed by atoms with Gasteiger partial charge in [-0.15, -0.1) is 0 Å². The number of ether oxygens (including phenoxy) is 2. The lowest BCUT2D eigenvalue weighted by atomic mass is 10.0. The number of guanidine groups is 1. The van der Waals surface area contributed by atoms with Crippen molar-refractivity contribution in [2.24, 2.45) is 5.73 Å². The smallest absolute Gasteiger partial charge is 0.308 e. The maximum Gasteiger partial charge on any atom is 0.308 e. The van der Waals surface area contributed by atoms with Crippen molar-refractivity contribution < 1.29 is 23.9 Å². The molecule has 0 saturated heterocycles. The zero-order chi connectivity index (χ0) is 24.4. The third-order valence-electron chi connectivity index (χ3n) is 4.39. The first-order valence-corrected chi connectivity index (χ1v) is 10.8. The summed E-state index contributed by atoms with van der Waals surface area (Å²) in [5.41, 5.74) is 6.64. The first kappa shape index (κ1) is 25.7. The zero-order valence-corrected chi connectivity index (χ0v) is 19.8. The quantitative estimate of drug-likeness (QED) is 0.183. The molecule has 10 nitrogen and oxygen atoms in total. The average Bonchev–Trinajstić information content (AvgIpc) is 2.77. The molecule has 0 fully saturated rings. The van der Waals surface area contributed by atoms with Gasteiger partial charge in [-0.25, -0.2) is 0 Å². The summed E-state index contributed by atoms with van der Waals surface area (Å²) >= 11 is 3.39. The predicted octanol–water partition coefficient (Wildman–Crippen LogP) is 2.30. The van der Waals surface area contributed by atoms with Crippen LogP contribution in [0.2, 0.25) is 0 Å². The summed E-state index contributed by atoms with van der Waals surface area (Å²) in [6.45, 7) is 1.59. The van der Waals surface area contributed by atoms with Crippen LogP contribution >= 0.6 is 15.9 Å². The largest absolute Gasteiger partial charge is 0.496 e. The van der Waals surface area contributed by atoms with Gasteiger partial charge in [-0.1, -0.05) is 22.0 Å². The monoisotopic (exact) mass is 519 g/mol. The Balaban J connectivity index is 2.10. The number of amides is 2. The number of halogens is 1. The van der Waals surface area contributed by atoms with Gasteiger partial charge < -0.3 is 31.2 Å². The van der Waals surface area contributed by atoms with E-state index >= 15 is 0 Å². The summed E-state index contributed by atoms with van der Waals surface area (Å²) in [4.78, 5) is 37.2. The van der Waals surface area contributed by atoms with E-state index in [1.165, 1.54) is 13.2 Å². The maximum atomic E-state index is 12.6. The molecule has 0 aliphatic rings. The van der Waals surface area contributed by atoms with Crippen molar-refractivity contribution >= 4 is 45.4 Å². The number of hydrogen-bond donors (Lipinski definition) is 5. The predicted molar refractivity (Wildman–Crippen MR) is 127 cm³/mol. The molecule has 176 valence electrons. The Morgan fingerprint density at radius 3 is 2.61 bits per heavy atom. The van der Waals surface area contributed by atoms with Gasteiger partial charge >= 0.3 is 5.97 Å². The zero-order valence-electron chi connectivity index (χ0n) is 18.2. The van der Waals surface area contributed by atoms with Crippen molar-refractivity contribution in [2.45, 2.75) is 19.4 Å². The molecular formula is C22H26BrN5O5. The van der Waals surface area contributed by atoms with Crippen molar-refractivity contribution in [1.29, 1.82) is 5.41 Å². The van der Waals surface area contributed by atoms with Crippen molar-refractivity contribution in [3.8, 4) is 5.75 Å². The fourth-order valence-electron chi connectivity index (χ4n) is 3.00. The minimum atomic E-state index is -0.732. The minimum absolute atomic E-state index is 0.112. The molecule has 0 radical (unpaired) electrons. The number of anilines is 1. The molecule has 33 heavy (non-hydrogen) atoms. The second-order valence-electron chi connectivity index (χ2n) is 6.82. The summed E-state index contributed by atoms with van der Waals surface area (Å²) < 4.78 is 11.2. The normalized spacial score (nSPS) is 11.1. The van der Waals surface area contributed by atoms with E-state index in [1.54, 1.807) is 43.3 Å². The van der Waals surface area contributed by atoms with Gasteiger partial charge in [-0.3, -0.25) is 19.8 Å². The van der Waals surface area contributed by atoms with Crippen molar-refractivity contribution in [1.82, 2.24) is 10.6 Å². The number of nitrogens with two attached hydrogens (primary N) is 1. The third-order valence-corrected chi connectivity index (χ3v) is 4.89. The van der Waals surface area contributed by atoms with Crippen molar-refractivity contribution in [3.63, 3.8) is 0 Å². The van der Waals surface area contributed by atoms with Gasteiger partial charge in [0.1, 0.15) is 5.75 Å². The highest BCUT2D eigenvalue weighted by Crippen LogP contribution is 2.30. The fraction of sp³-hybridized carbons (Fsp3) is 0.273. The van der Waals surface area contributed by atoms with E-state index in [1.807, 2.05) is 0 Å².